The molecule has 1 unspecified atom stereocenters. The Bertz CT molecular complexity index is 1680. The number of para-hydroxylation sites is 1. The average Bonchev–Trinajstić information content (AvgIpc) is 3.64. The Kier molecular flexibility index (Phi) is 12.1. The van der Waals surface area contributed by atoms with Gasteiger partial charge in [0.15, 0.2) is 22.6 Å². The number of ether oxygens (including phenoxy) is 3. The molecule has 1 aliphatic heterocycles. The Labute approximate surface area is 287 Å². The fourth-order valence-electron chi connectivity index (χ4n) is 6.01. The molecule has 1 fully saturated rings. The van der Waals surface area contributed by atoms with Gasteiger partial charge in [-0.15, -0.1) is 6.42 Å². The molecule has 268 valence electrons. The topological polar surface area (TPSA) is 148 Å². The zero-order chi connectivity index (χ0) is 36.0. The largest absolute Gasteiger partial charge is 0.465 e. The lowest BCUT2D eigenvalue weighted by atomic mass is 9.72. The number of carbonyl (C=O) groups excluding carboxylic acids is 1. The van der Waals surface area contributed by atoms with Crippen molar-refractivity contribution < 1.29 is 37.0 Å². The number of imidazole rings is 1. The number of terminal acetylenes is 1. The van der Waals surface area contributed by atoms with Crippen molar-refractivity contribution in [2.75, 3.05) is 32.7 Å². The van der Waals surface area contributed by atoms with Gasteiger partial charge in [-0.1, -0.05) is 65.2 Å². The van der Waals surface area contributed by atoms with Crippen molar-refractivity contribution in [2.24, 2.45) is 10.8 Å². The number of hydrogen-bond donors (Lipinski definition) is 2. The first kappa shape index (κ1) is 38.2. The molecule has 0 spiro atoms. The van der Waals surface area contributed by atoms with Crippen molar-refractivity contribution in [2.45, 2.75) is 91.2 Å². The van der Waals surface area contributed by atoms with Gasteiger partial charge in [0.2, 0.25) is 0 Å². The van der Waals surface area contributed by atoms with E-state index >= 15 is 0 Å². The molecule has 0 radical (unpaired) electrons. The van der Waals surface area contributed by atoms with Gasteiger partial charge in [0.25, 0.3) is 0 Å². The predicted octanol–water partition coefficient (Wildman–Crippen LogP) is 6.28. The second-order valence-corrected chi connectivity index (χ2v) is 15.5. The summed E-state index contributed by atoms with van der Waals surface area (Å²) in [5.41, 5.74) is -0.959. The van der Waals surface area contributed by atoms with Crippen LogP contribution in [0.15, 0.2) is 36.7 Å². The Morgan fingerprint density at radius 1 is 1.24 bits per heavy atom. The zero-order valence-electron chi connectivity index (χ0n) is 29.5. The number of benzene rings is 1. The lowest BCUT2D eigenvalue weighted by molar-refractivity contribution is -0.146. The molecular weight excluding hydrogens is 654 g/mol. The van der Waals surface area contributed by atoms with Crippen LogP contribution in [0.5, 0.6) is 5.75 Å². The summed E-state index contributed by atoms with van der Waals surface area (Å²) in [5.74, 6) is 2.42. The maximum Gasteiger partial charge on any atom is 0.459 e. The van der Waals surface area contributed by atoms with Gasteiger partial charge in [-0.25, -0.2) is 9.55 Å². The van der Waals surface area contributed by atoms with Gasteiger partial charge in [0.05, 0.1) is 12.9 Å². The summed E-state index contributed by atoms with van der Waals surface area (Å²) < 4.78 is 59.5. The van der Waals surface area contributed by atoms with E-state index in [1.807, 2.05) is 0 Å². The molecule has 13 nitrogen and oxygen atoms in total. The summed E-state index contributed by atoms with van der Waals surface area (Å²) in [7, 11) is -1.26. The van der Waals surface area contributed by atoms with Crippen LogP contribution in [-0.2, 0) is 28.1 Å². The molecule has 3 heterocycles. The highest BCUT2D eigenvalue weighted by molar-refractivity contribution is 7.52. The third-order valence-electron chi connectivity index (χ3n) is 8.81. The summed E-state index contributed by atoms with van der Waals surface area (Å²) in [6.07, 6.45) is 7.81. The Balaban J connectivity index is 1.50. The molecule has 49 heavy (non-hydrogen) atoms. The SMILES string of the molecule is C#C[C@]1(COP(=O)(N[C@@H](C)C(=O)OCCC(C)(C)CC(C)(C)CC)Oc2ccccc2)O[C@@H](n2cnc3c(NC)nc(F)nc32)C[C@@H]1OC. The van der Waals surface area contributed by atoms with E-state index in [9.17, 15) is 13.8 Å². The van der Waals surface area contributed by atoms with Crippen LogP contribution in [0.25, 0.3) is 11.2 Å². The van der Waals surface area contributed by atoms with Crippen molar-refractivity contribution in [3.8, 4) is 18.1 Å². The molecule has 0 saturated carbocycles. The molecule has 2 aromatic heterocycles. The standard InChI is InChI=1S/C34H48FN6O7P/c1-10-32(4,5)20-33(6,7)17-18-45-30(42)23(3)40-49(43,48-24-15-13-12-14-16-24)46-21-34(11-2)25(44-9)19-26(47-34)41-22-37-27-28(36-8)38-31(35)39-29(27)41/h2,12-16,22-23,25-26H,10,17-21H2,1,3-9H3,(H,40,43)(H,36,38,39)/t23-,25-,26+,34+,49?/m0/s1. The van der Waals surface area contributed by atoms with Crippen molar-refractivity contribution in [3.63, 3.8) is 0 Å². The molecular formula is C34H48FN6O7P. The maximum atomic E-state index is 14.3. The maximum absolute atomic E-state index is 14.3. The van der Waals surface area contributed by atoms with E-state index in [1.54, 1.807) is 37.4 Å². The lowest BCUT2D eigenvalue weighted by Gasteiger charge is -2.34. The Hall–Kier alpha value is -3.60. The van der Waals surface area contributed by atoms with Crippen molar-refractivity contribution in [3.05, 3.63) is 42.7 Å². The molecule has 0 aliphatic carbocycles. The summed E-state index contributed by atoms with van der Waals surface area (Å²) >= 11 is 0. The number of methoxy groups -OCH3 is 1. The number of nitrogens with zero attached hydrogens (tertiary/aromatic N) is 4. The first-order valence-corrected chi connectivity index (χ1v) is 17.8. The smallest absolute Gasteiger partial charge is 0.459 e. The third-order valence-corrected chi connectivity index (χ3v) is 10.4. The van der Waals surface area contributed by atoms with Crippen LogP contribution in [-0.4, -0.2) is 70.6 Å². The number of anilines is 1. The van der Waals surface area contributed by atoms with E-state index < -0.39 is 50.4 Å². The lowest BCUT2D eigenvalue weighted by Crippen LogP contribution is -2.44. The van der Waals surface area contributed by atoms with Crippen LogP contribution in [0.4, 0.5) is 10.2 Å². The van der Waals surface area contributed by atoms with E-state index in [0.29, 0.717) is 11.9 Å². The molecule has 5 atom stereocenters. The second kappa shape index (κ2) is 15.5. The first-order chi connectivity index (χ1) is 23.1. The average molecular weight is 703 g/mol. The van der Waals surface area contributed by atoms with Crippen LogP contribution in [0.2, 0.25) is 0 Å². The number of carbonyl (C=O) groups is 1. The minimum atomic E-state index is -4.31. The third kappa shape index (κ3) is 9.35. The highest BCUT2D eigenvalue weighted by Crippen LogP contribution is 2.48. The normalized spacial score (nSPS) is 21.6. The predicted molar refractivity (Wildman–Crippen MR) is 183 cm³/mol. The van der Waals surface area contributed by atoms with E-state index in [0.717, 1.165) is 12.8 Å². The quantitative estimate of drug-likeness (QED) is 0.0706. The highest BCUT2D eigenvalue weighted by Gasteiger charge is 2.51. The van der Waals surface area contributed by atoms with Crippen LogP contribution in [0, 0.1) is 29.3 Å². The summed E-state index contributed by atoms with van der Waals surface area (Å²) in [6.45, 7) is 12.2. The number of hydrogen-bond acceptors (Lipinski definition) is 11. The van der Waals surface area contributed by atoms with Gasteiger partial charge in [0.1, 0.15) is 30.7 Å². The van der Waals surface area contributed by atoms with E-state index in [4.69, 9.17) is 29.7 Å². The second-order valence-electron chi connectivity index (χ2n) is 13.8. The summed E-state index contributed by atoms with van der Waals surface area (Å²) in [5, 5.41) is 5.51. The molecule has 1 saturated heterocycles. The van der Waals surface area contributed by atoms with Gasteiger partial charge < -0.3 is 24.1 Å². The van der Waals surface area contributed by atoms with Gasteiger partial charge in [0, 0.05) is 20.6 Å². The molecule has 4 rings (SSSR count). The van der Waals surface area contributed by atoms with E-state index in [2.05, 4.69) is 65.9 Å². The number of halogens is 1. The summed E-state index contributed by atoms with van der Waals surface area (Å²) in [4.78, 5) is 25.1. The highest BCUT2D eigenvalue weighted by atomic mass is 31.2. The molecule has 2 N–H and O–H groups in total. The number of aromatic nitrogens is 4. The monoisotopic (exact) mass is 702 g/mol. The Morgan fingerprint density at radius 3 is 2.59 bits per heavy atom. The van der Waals surface area contributed by atoms with Gasteiger partial charge in [-0.2, -0.15) is 19.4 Å². The van der Waals surface area contributed by atoms with E-state index in [1.165, 1.54) is 24.9 Å². The van der Waals surface area contributed by atoms with Crippen molar-refractivity contribution in [1.82, 2.24) is 24.6 Å². The van der Waals surface area contributed by atoms with Crippen molar-refractivity contribution in [1.29, 1.82) is 0 Å². The van der Waals surface area contributed by atoms with Crippen LogP contribution >= 0.6 is 7.75 Å². The Morgan fingerprint density at radius 2 is 1.96 bits per heavy atom. The first-order valence-electron chi connectivity index (χ1n) is 16.3. The van der Waals surface area contributed by atoms with E-state index in [-0.39, 0.29) is 41.1 Å². The van der Waals surface area contributed by atoms with Crippen molar-refractivity contribution >= 4 is 30.7 Å². The minimum absolute atomic E-state index is 0.0504. The number of fused-ring (bicyclic) bond motifs is 1. The van der Waals surface area contributed by atoms with Crippen LogP contribution < -0.4 is 14.9 Å². The fraction of sp³-hybridized carbons (Fsp3) is 0.588. The van der Waals surface area contributed by atoms with Crippen LogP contribution in [0.3, 0.4) is 0 Å². The minimum Gasteiger partial charge on any atom is -0.465 e. The molecule has 1 aliphatic rings. The van der Waals surface area contributed by atoms with Gasteiger partial charge in [-0.05, 0) is 42.7 Å². The number of nitrogens with one attached hydrogen (secondary N) is 2. The molecule has 0 bridgehead atoms. The number of rotatable bonds is 17. The fourth-order valence-corrected chi connectivity index (χ4v) is 7.53. The number of esters is 1. The van der Waals surface area contributed by atoms with Crippen LogP contribution in [0.1, 0.15) is 73.5 Å². The summed E-state index contributed by atoms with van der Waals surface area (Å²) in [6, 6.07) is 7.30. The van der Waals surface area contributed by atoms with Gasteiger partial charge in [-0.3, -0.25) is 13.9 Å². The zero-order valence-corrected chi connectivity index (χ0v) is 30.4. The molecule has 0 amide bonds. The molecule has 15 heteroatoms. The molecule has 3 aromatic rings. The van der Waals surface area contributed by atoms with Gasteiger partial charge >= 0.3 is 19.8 Å². The molecule has 1 aromatic carbocycles.